The summed E-state index contributed by atoms with van der Waals surface area (Å²) in [6, 6.07) is 9.05. The molecule has 0 N–H and O–H groups in total. The molecular weight excluding hydrogens is 385 g/mol. The average molecular weight is 400 g/mol. The van der Waals surface area contributed by atoms with Gasteiger partial charge < -0.3 is 4.90 Å². The standard InChI is InChI=1S/C16H15ClFN3O4S/c17-14-2-1-3-15(21(22)23)16(14)19-8-10-20(11-9-19)26(24,25)13-6-4-12(18)5-7-13/h1-7H,8-11H2. The van der Waals surface area contributed by atoms with Crippen LogP contribution in [-0.4, -0.2) is 43.8 Å². The van der Waals surface area contributed by atoms with Gasteiger partial charge in [0, 0.05) is 32.2 Å². The van der Waals surface area contributed by atoms with E-state index in [4.69, 9.17) is 11.6 Å². The summed E-state index contributed by atoms with van der Waals surface area (Å²) in [6.07, 6.45) is 0. The Morgan fingerprint density at radius 1 is 1.04 bits per heavy atom. The van der Waals surface area contributed by atoms with E-state index in [0.29, 0.717) is 0 Å². The molecule has 0 radical (unpaired) electrons. The number of para-hydroxylation sites is 1. The molecule has 1 aliphatic rings. The number of rotatable bonds is 4. The summed E-state index contributed by atoms with van der Waals surface area (Å²) in [7, 11) is -3.75. The topological polar surface area (TPSA) is 83.8 Å². The molecule has 7 nitrogen and oxygen atoms in total. The Morgan fingerprint density at radius 2 is 1.65 bits per heavy atom. The second-order valence-electron chi connectivity index (χ2n) is 5.71. The van der Waals surface area contributed by atoms with Gasteiger partial charge in [-0.15, -0.1) is 0 Å². The maximum atomic E-state index is 13.0. The number of anilines is 1. The molecule has 3 rings (SSSR count). The van der Waals surface area contributed by atoms with Crippen LogP contribution < -0.4 is 4.90 Å². The van der Waals surface area contributed by atoms with Gasteiger partial charge in [-0.3, -0.25) is 10.1 Å². The van der Waals surface area contributed by atoms with Crippen LogP contribution in [0.4, 0.5) is 15.8 Å². The van der Waals surface area contributed by atoms with Crippen molar-refractivity contribution in [1.29, 1.82) is 0 Å². The lowest BCUT2D eigenvalue weighted by molar-refractivity contribution is -0.384. The van der Waals surface area contributed by atoms with E-state index in [0.717, 1.165) is 12.1 Å². The van der Waals surface area contributed by atoms with Crippen molar-refractivity contribution in [3.63, 3.8) is 0 Å². The Bertz CT molecular complexity index is 929. The fourth-order valence-corrected chi connectivity index (χ4v) is 4.58. The van der Waals surface area contributed by atoms with Crippen molar-refractivity contribution in [1.82, 2.24) is 4.31 Å². The molecule has 1 aliphatic heterocycles. The number of sulfonamides is 1. The van der Waals surface area contributed by atoms with Gasteiger partial charge in [0.05, 0.1) is 14.8 Å². The smallest absolute Gasteiger partial charge is 0.294 e. The lowest BCUT2D eigenvalue weighted by Gasteiger charge is -2.35. The van der Waals surface area contributed by atoms with Crippen LogP contribution in [0.2, 0.25) is 5.02 Å². The molecule has 0 unspecified atom stereocenters. The van der Waals surface area contributed by atoms with Crippen molar-refractivity contribution >= 4 is 33.0 Å². The first-order valence-electron chi connectivity index (χ1n) is 7.74. The Kier molecular flexibility index (Phi) is 5.12. The molecule has 0 aromatic heterocycles. The van der Waals surface area contributed by atoms with Crippen LogP contribution >= 0.6 is 11.6 Å². The van der Waals surface area contributed by atoms with E-state index in [1.165, 1.54) is 28.6 Å². The van der Waals surface area contributed by atoms with Crippen LogP contribution in [0.3, 0.4) is 0 Å². The molecule has 2 aromatic carbocycles. The number of benzene rings is 2. The summed E-state index contributed by atoms with van der Waals surface area (Å²) in [5, 5.41) is 11.5. The van der Waals surface area contributed by atoms with E-state index in [1.54, 1.807) is 11.0 Å². The van der Waals surface area contributed by atoms with E-state index in [-0.39, 0.29) is 47.5 Å². The molecular formula is C16H15ClFN3O4S. The highest BCUT2D eigenvalue weighted by molar-refractivity contribution is 7.89. The summed E-state index contributed by atoms with van der Waals surface area (Å²) < 4.78 is 39.6. The molecule has 2 aromatic rings. The van der Waals surface area contributed by atoms with Gasteiger partial charge in [-0.05, 0) is 30.3 Å². The zero-order chi connectivity index (χ0) is 18.9. The van der Waals surface area contributed by atoms with Gasteiger partial charge in [0.15, 0.2) is 0 Å². The fraction of sp³-hybridized carbons (Fsp3) is 0.250. The maximum absolute atomic E-state index is 13.0. The predicted octanol–water partition coefficient (Wildman–Crippen LogP) is 2.90. The number of nitrogens with zero attached hydrogens (tertiary/aromatic N) is 3. The molecule has 138 valence electrons. The highest BCUT2D eigenvalue weighted by Gasteiger charge is 2.31. The fourth-order valence-electron chi connectivity index (χ4n) is 2.87. The molecule has 1 heterocycles. The minimum atomic E-state index is -3.75. The van der Waals surface area contributed by atoms with E-state index < -0.39 is 20.8 Å². The van der Waals surface area contributed by atoms with Crippen molar-refractivity contribution < 1.29 is 17.7 Å². The Balaban J connectivity index is 1.80. The number of nitro groups is 1. The van der Waals surface area contributed by atoms with Crippen molar-refractivity contribution in [3.8, 4) is 0 Å². The zero-order valence-corrected chi connectivity index (χ0v) is 15.1. The molecule has 0 saturated carbocycles. The van der Waals surface area contributed by atoms with E-state index in [9.17, 15) is 22.9 Å². The Labute approximate surface area is 154 Å². The molecule has 0 spiro atoms. The molecule has 0 bridgehead atoms. The van der Waals surface area contributed by atoms with Crippen LogP contribution in [0, 0.1) is 15.9 Å². The van der Waals surface area contributed by atoms with E-state index in [2.05, 4.69) is 0 Å². The van der Waals surface area contributed by atoms with Crippen molar-refractivity contribution in [2.24, 2.45) is 0 Å². The summed E-state index contributed by atoms with van der Waals surface area (Å²) in [5.41, 5.74) is 0.172. The molecule has 1 saturated heterocycles. The van der Waals surface area contributed by atoms with Crippen LogP contribution in [-0.2, 0) is 10.0 Å². The van der Waals surface area contributed by atoms with E-state index >= 15 is 0 Å². The second kappa shape index (κ2) is 7.18. The lowest BCUT2D eigenvalue weighted by Crippen LogP contribution is -2.48. The van der Waals surface area contributed by atoms with Gasteiger partial charge in [0.1, 0.15) is 11.5 Å². The third-order valence-corrected chi connectivity index (χ3v) is 6.39. The zero-order valence-electron chi connectivity index (χ0n) is 13.5. The lowest BCUT2D eigenvalue weighted by atomic mass is 10.2. The van der Waals surface area contributed by atoms with Gasteiger partial charge in [-0.25, -0.2) is 12.8 Å². The number of hydrogen-bond acceptors (Lipinski definition) is 5. The second-order valence-corrected chi connectivity index (χ2v) is 8.05. The average Bonchev–Trinajstić information content (AvgIpc) is 2.62. The van der Waals surface area contributed by atoms with Gasteiger partial charge >= 0.3 is 0 Å². The van der Waals surface area contributed by atoms with E-state index in [1.807, 2.05) is 0 Å². The third-order valence-electron chi connectivity index (χ3n) is 4.17. The van der Waals surface area contributed by atoms with Crippen LogP contribution in [0.25, 0.3) is 0 Å². The molecule has 0 atom stereocenters. The number of piperazine rings is 1. The first kappa shape index (κ1) is 18.6. The number of nitro benzene ring substituents is 1. The van der Waals surface area contributed by atoms with Gasteiger partial charge in [0.2, 0.25) is 10.0 Å². The highest BCUT2D eigenvalue weighted by Crippen LogP contribution is 2.36. The van der Waals surface area contributed by atoms with Crippen LogP contribution in [0.5, 0.6) is 0 Å². The van der Waals surface area contributed by atoms with Crippen molar-refractivity contribution in [2.45, 2.75) is 4.90 Å². The normalized spacial score (nSPS) is 15.8. The minimum absolute atomic E-state index is 0.0103. The van der Waals surface area contributed by atoms with Crippen molar-refractivity contribution in [3.05, 3.63) is 63.4 Å². The largest absolute Gasteiger partial charge is 0.362 e. The van der Waals surface area contributed by atoms with Crippen LogP contribution in [0.15, 0.2) is 47.4 Å². The van der Waals surface area contributed by atoms with Crippen LogP contribution in [0.1, 0.15) is 0 Å². The van der Waals surface area contributed by atoms with Gasteiger partial charge in [-0.1, -0.05) is 17.7 Å². The summed E-state index contributed by atoms with van der Waals surface area (Å²) in [5.74, 6) is -0.514. The number of hydrogen-bond donors (Lipinski definition) is 0. The number of halogens is 2. The minimum Gasteiger partial charge on any atom is -0.362 e. The first-order valence-corrected chi connectivity index (χ1v) is 9.56. The van der Waals surface area contributed by atoms with Gasteiger partial charge in [0.25, 0.3) is 5.69 Å². The molecule has 0 amide bonds. The van der Waals surface area contributed by atoms with Crippen molar-refractivity contribution in [2.75, 3.05) is 31.1 Å². The molecule has 0 aliphatic carbocycles. The predicted molar refractivity (Wildman–Crippen MR) is 95.5 cm³/mol. The highest BCUT2D eigenvalue weighted by atomic mass is 35.5. The Morgan fingerprint density at radius 3 is 2.23 bits per heavy atom. The monoisotopic (exact) mass is 399 g/mol. The SMILES string of the molecule is O=[N+]([O-])c1cccc(Cl)c1N1CCN(S(=O)(=O)c2ccc(F)cc2)CC1. The molecule has 26 heavy (non-hydrogen) atoms. The third kappa shape index (κ3) is 3.50. The summed E-state index contributed by atoms with van der Waals surface area (Å²) in [6.45, 7) is 0.792. The maximum Gasteiger partial charge on any atom is 0.294 e. The quantitative estimate of drug-likeness (QED) is 0.583. The van der Waals surface area contributed by atoms with Gasteiger partial charge in [-0.2, -0.15) is 4.31 Å². The summed E-state index contributed by atoms with van der Waals surface area (Å²) >= 11 is 6.13. The molecule has 1 fully saturated rings. The summed E-state index contributed by atoms with van der Waals surface area (Å²) in [4.78, 5) is 12.4. The Hall–Kier alpha value is -2.23. The molecule has 10 heteroatoms. The first-order chi connectivity index (χ1) is 12.3.